The largest absolute Gasteiger partial charge is 0.444 e. The first-order chi connectivity index (χ1) is 9.74. The van der Waals surface area contributed by atoms with Crippen LogP contribution in [-0.2, 0) is 17.8 Å². The summed E-state index contributed by atoms with van der Waals surface area (Å²) in [5.74, 6) is 0. The maximum absolute atomic E-state index is 12.2. The van der Waals surface area contributed by atoms with Crippen LogP contribution in [0.2, 0.25) is 0 Å². The maximum atomic E-state index is 12.2. The Kier molecular flexibility index (Phi) is 3.69. The lowest BCUT2D eigenvalue weighted by Crippen LogP contribution is -2.29. The van der Waals surface area contributed by atoms with Crippen molar-refractivity contribution in [2.24, 2.45) is 0 Å². The van der Waals surface area contributed by atoms with Crippen molar-refractivity contribution >= 4 is 27.7 Å². The van der Waals surface area contributed by atoms with Gasteiger partial charge < -0.3 is 4.74 Å². The molecular formula is C15H13BrN2O2. The van der Waals surface area contributed by atoms with E-state index in [9.17, 15) is 4.79 Å². The zero-order valence-electron chi connectivity index (χ0n) is 10.8. The molecule has 3 rings (SSSR count). The number of ether oxygens (including phenoxy) is 1. The molecule has 1 aromatic heterocycles. The molecule has 0 spiro atoms. The van der Waals surface area contributed by atoms with Crippen LogP contribution in [0.25, 0.3) is 0 Å². The van der Waals surface area contributed by atoms with Crippen LogP contribution in [0.15, 0.2) is 47.2 Å². The molecule has 0 saturated carbocycles. The Morgan fingerprint density at radius 1 is 1.35 bits per heavy atom. The van der Waals surface area contributed by atoms with Crippen LogP contribution in [0.3, 0.4) is 0 Å². The number of carbonyl (C=O) groups excluding carboxylic acids is 1. The molecule has 0 N–H and O–H groups in total. The lowest BCUT2D eigenvalue weighted by atomic mass is 10.2. The highest BCUT2D eigenvalue weighted by Gasteiger charge is 2.26. The van der Waals surface area contributed by atoms with E-state index in [1.165, 1.54) is 0 Å². The van der Waals surface area contributed by atoms with Gasteiger partial charge in [-0.1, -0.05) is 30.3 Å². The first kappa shape index (κ1) is 13.1. The number of nitrogens with zero attached hydrogens (tertiary/aromatic N) is 2. The van der Waals surface area contributed by atoms with E-state index < -0.39 is 0 Å². The molecule has 0 bridgehead atoms. The molecule has 1 aromatic carbocycles. The molecule has 0 aliphatic carbocycles. The number of amides is 1. The number of aromatic nitrogens is 1. The van der Waals surface area contributed by atoms with Crippen LogP contribution in [-0.4, -0.2) is 17.6 Å². The summed E-state index contributed by atoms with van der Waals surface area (Å²) >= 11 is 3.33. The molecule has 2 heterocycles. The van der Waals surface area contributed by atoms with Crippen molar-refractivity contribution in [2.45, 2.75) is 13.0 Å². The van der Waals surface area contributed by atoms with Gasteiger partial charge in [-0.05, 0) is 39.5 Å². The Balaban J connectivity index is 1.69. The molecule has 102 valence electrons. The van der Waals surface area contributed by atoms with Gasteiger partial charge in [0.2, 0.25) is 0 Å². The van der Waals surface area contributed by atoms with E-state index >= 15 is 0 Å². The summed E-state index contributed by atoms with van der Waals surface area (Å²) in [5.41, 5.74) is 2.94. The number of halogens is 1. The quantitative estimate of drug-likeness (QED) is 0.790. The van der Waals surface area contributed by atoms with Gasteiger partial charge >= 0.3 is 6.09 Å². The minimum absolute atomic E-state index is 0.289. The van der Waals surface area contributed by atoms with Crippen LogP contribution < -0.4 is 4.90 Å². The normalized spacial score (nSPS) is 13.2. The lowest BCUT2D eigenvalue weighted by molar-refractivity contribution is 0.147. The molecule has 0 fully saturated rings. The predicted molar refractivity (Wildman–Crippen MR) is 79.6 cm³/mol. The summed E-state index contributed by atoms with van der Waals surface area (Å²) in [6.45, 7) is 0.929. The molecule has 0 radical (unpaired) electrons. The fourth-order valence-corrected chi connectivity index (χ4v) is 2.55. The van der Waals surface area contributed by atoms with Gasteiger partial charge in [0.25, 0.3) is 0 Å². The van der Waals surface area contributed by atoms with E-state index in [-0.39, 0.29) is 12.7 Å². The fourth-order valence-electron chi connectivity index (χ4n) is 2.23. The highest BCUT2D eigenvalue weighted by Crippen LogP contribution is 2.30. The third kappa shape index (κ3) is 2.67. The standard InChI is InChI=1S/C15H13BrN2O2/c16-14-8-13-12(9-17-14)6-7-18(13)15(19)20-10-11-4-2-1-3-5-11/h1-5,8-9H,6-7,10H2. The number of fused-ring (bicyclic) bond motifs is 1. The average Bonchev–Trinajstić information content (AvgIpc) is 2.89. The van der Waals surface area contributed by atoms with Crippen molar-refractivity contribution < 1.29 is 9.53 Å². The summed E-state index contributed by atoms with van der Waals surface area (Å²) in [6, 6.07) is 11.5. The Bertz CT molecular complexity index is 631. The minimum atomic E-state index is -0.314. The first-order valence-electron chi connectivity index (χ1n) is 6.36. The molecule has 1 aliphatic rings. The second-order valence-corrected chi connectivity index (χ2v) is 5.39. The maximum Gasteiger partial charge on any atom is 0.414 e. The molecular weight excluding hydrogens is 320 g/mol. The second-order valence-electron chi connectivity index (χ2n) is 4.58. The Hall–Kier alpha value is -1.88. The van der Waals surface area contributed by atoms with Crippen LogP contribution >= 0.6 is 15.9 Å². The van der Waals surface area contributed by atoms with Crippen molar-refractivity contribution in [3.63, 3.8) is 0 Å². The van der Waals surface area contributed by atoms with Gasteiger partial charge in [0, 0.05) is 12.7 Å². The van der Waals surface area contributed by atoms with Crippen molar-refractivity contribution in [3.8, 4) is 0 Å². The summed E-state index contributed by atoms with van der Waals surface area (Å²) in [4.78, 5) is 18.0. The highest BCUT2D eigenvalue weighted by molar-refractivity contribution is 9.10. The number of hydrogen-bond acceptors (Lipinski definition) is 3. The molecule has 0 saturated heterocycles. The summed E-state index contributed by atoms with van der Waals surface area (Å²) in [6.07, 6.45) is 2.30. The van der Waals surface area contributed by atoms with Crippen molar-refractivity contribution in [1.82, 2.24) is 4.98 Å². The monoisotopic (exact) mass is 332 g/mol. The van der Waals surface area contributed by atoms with Crippen molar-refractivity contribution in [2.75, 3.05) is 11.4 Å². The SMILES string of the molecule is O=C(OCc1ccccc1)N1CCc2cnc(Br)cc21. The third-order valence-corrected chi connectivity index (χ3v) is 3.68. The van der Waals surface area contributed by atoms with Gasteiger partial charge in [-0.15, -0.1) is 0 Å². The lowest BCUT2D eigenvalue weighted by Gasteiger charge is -2.17. The van der Waals surface area contributed by atoms with Crippen LogP contribution in [0.4, 0.5) is 10.5 Å². The average molecular weight is 333 g/mol. The predicted octanol–water partition coefficient (Wildman–Crippen LogP) is 3.54. The number of anilines is 1. The van der Waals surface area contributed by atoms with Crippen LogP contribution in [0.5, 0.6) is 0 Å². The molecule has 20 heavy (non-hydrogen) atoms. The van der Waals surface area contributed by atoms with E-state index in [2.05, 4.69) is 20.9 Å². The fraction of sp³-hybridized carbons (Fsp3) is 0.200. The molecule has 0 unspecified atom stereocenters. The smallest absolute Gasteiger partial charge is 0.414 e. The number of pyridine rings is 1. The van der Waals surface area contributed by atoms with Gasteiger partial charge in [0.05, 0.1) is 5.69 Å². The summed E-state index contributed by atoms with van der Waals surface area (Å²) < 4.78 is 6.08. The van der Waals surface area contributed by atoms with E-state index in [1.54, 1.807) is 11.1 Å². The Morgan fingerprint density at radius 2 is 2.15 bits per heavy atom. The zero-order chi connectivity index (χ0) is 13.9. The summed E-state index contributed by atoms with van der Waals surface area (Å²) in [7, 11) is 0. The number of hydrogen-bond donors (Lipinski definition) is 0. The van der Waals surface area contributed by atoms with Gasteiger partial charge in [0.1, 0.15) is 11.2 Å². The number of benzene rings is 1. The van der Waals surface area contributed by atoms with Crippen molar-refractivity contribution in [1.29, 1.82) is 0 Å². The minimum Gasteiger partial charge on any atom is -0.444 e. The molecule has 4 nitrogen and oxygen atoms in total. The molecule has 1 amide bonds. The summed E-state index contributed by atoms with van der Waals surface area (Å²) in [5, 5.41) is 0. The molecule has 2 aromatic rings. The topological polar surface area (TPSA) is 42.4 Å². The Morgan fingerprint density at radius 3 is 2.95 bits per heavy atom. The van der Waals surface area contributed by atoms with Crippen LogP contribution in [0.1, 0.15) is 11.1 Å². The van der Waals surface area contributed by atoms with E-state index in [1.807, 2.05) is 36.4 Å². The second kappa shape index (κ2) is 5.63. The van der Waals surface area contributed by atoms with Gasteiger partial charge in [-0.25, -0.2) is 9.78 Å². The van der Waals surface area contributed by atoms with E-state index in [0.29, 0.717) is 6.54 Å². The van der Waals surface area contributed by atoms with Crippen molar-refractivity contribution in [3.05, 3.63) is 58.3 Å². The van der Waals surface area contributed by atoms with E-state index in [4.69, 9.17) is 4.74 Å². The molecule has 1 aliphatic heterocycles. The number of rotatable bonds is 2. The molecule has 5 heteroatoms. The van der Waals surface area contributed by atoms with E-state index in [0.717, 1.165) is 27.8 Å². The zero-order valence-corrected chi connectivity index (χ0v) is 12.3. The molecule has 0 atom stereocenters. The first-order valence-corrected chi connectivity index (χ1v) is 7.16. The van der Waals surface area contributed by atoms with Crippen LogP contribution in [0, 0.1) is 0 Å². The third-order valence-electron chi connectivity index (χ3n) is 3.25. The van der Waals surface area contributed by atoms with Gasteiger partial charge in [0.15, 0.2) is 0 Å². The van der Waals surface area contributed by atoms with Gasteiger partial charge in [-0.2, -0.15) is 0 Å². The Labute approximate surface area is 125 Å². The van der Waals surface area contributed by atoms with Gasteiger partial charge in [-0.3, -0.25) is 4.90 Å². The highest BCUT2D eigenvalue weighted by atomic mass is 79.9. The number of carbonyl (C=O) groups is 1.